The maximum Gasteiger partial charge on any atom is 0.308 e. The zero-order valence-electron chi connectivity index (χ0n) is 10.1. The Morgan fingerprint density at radius 3 is 2.39 bits per heavy atom. The van der Waals surface area contributed by atoms with E-state index in [0.29, 0.717) is 25.8 Å². The summed E-state index contributed by atoms with van der Waals surface area (Å²) >= 11 is 0. The molecule has 4 nitrogen and oxygen atoms in total. The molecule has 1 atom stereocenters. The summed E-state index contributed by atoms with van der Waals surface area (Å²) in [4.78, 5) is 24.4. The molecule has 1 heterocycles. The van der Waals surface area contributed by atoms with Crippen molar-refractivity contribution in [2.24, 2.45) is 11.3 Å². The highest BCUT2D eigenvalue weighted by Crippen LogP contribution is 2.47. The summed E-state index contributed by atoms with van der Waals surface area (Å²) in [5.41, 5.74) is -1.53. The fourth-order valence-corrected chi connectivity index (χ4v) is 2.76. The molecule has 6 heteroatoms. The van der Waals surface area contributed by atoms with Crippen LogP contribution in [-0.4, -0.2) is 41.4 Å². The Bertz CT molecular complexity index is 355. The Kier molecular flexibility index (Phi) is 3.54. The van der Waals surface area contributed by atoms with Crippen molar-refractivity contribution in [2.75, 3.05) is 13.1 Å². The fraction of sp³-hybridized carbons (Fsp3) is 0.833. The zero-order valence-corrected chi connectivity index (χ0v) is 10.1. The van der Waals surface area contributed by atoms with E-state index in [9.17, 15) is 18.4 Å². The fourth-order valence-electron chi connectivity index (χ4n) is 2.76. The van der Waals surface area contributed by atoms with Crippen molar-refractivity contribution in [3.8, 4) is 0 Å². The van der Waals surface area contributed by atoms with E-state index >= 15 is 0 Å². The number of hydrogen-bond acceptors (Lipinski definition) is 2. The van der Waals surface area contributed by atoms with E-state index in [-0.39, 0.29) is 19.4 Å². The number of carboxylic acid groups (broad SMARTS) is 1. The lowest BCUT2D eigenvalue weighted by Gasteiger charge is -2.44. The summed E-state index contributed by atoms with van der Waals surface area (Å²) < 4.78 is 26.1. The smallest absolute Gasteiger partial charge is 0.308 e. The van der Waals surface area contributed by atoms with E-state index in [4.69, 9.17) is 5.11 Å². The van der Waals surface area contributed by atoms with Crippen LogP contribution in [-0.2, 0) is 9.59 Å². The van der Waals surface area contributed by atoms with Crippen molar-refractivity contribution < 1.29 is 23.5 Å². The molecule has 1 saturated carbocycles. The second-order valence-corrected chi connectivity index (χ2v) is 5.24. The van der Waals surface area contributed by atoms with Gasteiger partial charge in [0.25, 0.3) is 6.43 Å². The summed E-state index contributed by atoms with van der Waals surface area (Å²) in [6.07, 6.45) is -0.478. The van der Waals surface area contributed by atoms with Crippen LogP contribution in [0.25, 0.3) is 0 Å². The van der Waals surface area contributed by atoms with E-state index in [1.165, 1.54) is 4.90 Å². The number of piperidine rings is 1. The second kappa shape index (κ2) is 4.82. The molecule has 0 bridgehead atoms. The van der Waals surface area contributed by atoms with Crippen LogP contribution in [0.3, 0.4) is 0 Å². The summed E-state index contributed by atoms with van der Waals surface area (Å²) in [7, 11) is 0. The predicted molar refractivity (Wildman–Crippen MR) is 59.2 cm³/mol. The van der Waals surface area contributed by atoms with Gasteiger partial charge in [-0.25, -0.2) is 8.78 Å². The first kappa shape index (κ1) is 13.2. The van der Waals surface area contributed by atoms with E-state index in [1.807, 2.05) is 0 Å². The second-order valence-electron chi connectivity index (χ2n) is 5.24. The highest BCUT2D eigenvalue weighted by atomic mass is 19.3. The van der Waals surface area contributed by atoms with Crippen LogP contribution in [0.15, 0.2) is 0 Å². The molecule has 2 fully saturated rings. The maximum atomic E-state index is 13.0. The third kappa shape index (κ3) is 2.08. The standard InChI is InChI=1S/C12H17F2NO3/c13-10(14)12(4-2-5-12)11(18)15-6-1-3-8(7-15)9(16)17/h8,10H,1-7H2,(H,16,17). The molecule has 1 saturated heterocycles. The number of hydrogen-bond donors (Lipinski definition) is 1. The molecule has 1 unspecified atom stereocenters. The van der Waals surface area contributed by atoms with Crippen LogP contribution in [0.5, 0.6) is 0 Å². The van der Waals surface area contributed by atoms with E-state index in [1.54, 1.807) is 0 Å². The molecule has 0 radical (unpaired) electrons. The molecule has 1 N–H and O–H groups in total. The van der Waals surface area contributed by atoms with Crippen molar-refractivity contribution in [3.05, 3.63) is 0 Å². The Hall–Kier alpha value is -1.20. The van der Waals surface area contributed by atoms with E-state index in [2.05, 4.69) is 0 Å². The van der Waals surface area contributed by atoms with Gasteiger partial charge in [-0.15, -0.1) is 0 Å². The predicted octanol–water partition coefficient (Wildman–Crippen LogP) is 1.75. The van der Waals surface area contributed by atoms with Crippen LogP contribution in [0, 0.1) is 11.3 Å². The van der Waals surface area contributed by atoms with Crippen LogP contribution >= 0.6 is 0 Å². The van der Waals surface area contributed by atoms with Crippen molar-refractivity contribution >= 4 is 11.9 Å². The largest absolute Gasteiger partial charge is 0.481 e. The average molecular weight is 261 g/mol. The topological polar surface area (TPSA) is 57.6 Å². The van der Waals surface area contributed by atoms with Gasteiger partial charge in [0.05, 0.1) is 5.92 Å². The lowest BCUT2D eigenvalue weighted by atomic mass is 9.67. The molecular formula is C12H17F2NO3. The minimum atomic E-state index is -2.65. The molecule has 0 aromatic carbocycles. The number of rotatable bonds is 3. The third-order valence-corrected chi connectivity index (χ3v) is 4.15. The number of amides is 1. The Morgan fingerprint density at radius 1 is 1.28 bits per heavy atom. The van der Waals surface area contributed by atoms with Gasteiger partial charge in [-0.2, -0.15) is 0 Å². The molecule has 0 spiro atoms. The van der Waals surface area contributed by atoms with Gasteiger partial charge in [0.15, 0.2) is 0 Å². The summed E-state index contributed by atoms with van der Waals surface area (Å²) in [5, 5.41) is 8.93. The van der Waals surface area contributed by atoms with Gasteiger partial charge < -0.3 is 10.0 Å². The lowest BCUT2D eigenvalue weighted by molar-refractivity contribution is -0.165. The first-order valence-electron chi connectivity index (χ1n) is 6.28. The average Bonchev–Trinajstić information content (AvgIpc) is 2.27. The molecule has 1 aliphatic heterocycles. The van der Waals surface area contributed by atoms with Crippen LogP contribution < -0.4 is 0 Å². The quantitative estimate of drug-likeness (QED) is 0.842. The van der Waals surface area contributed by atoms with Crippen LogP contribution in [0.2, 0.25) is 0 Å². The number of likely N-dealkylation sites (tertiary alicyclic amines) is 1. The van der Waals surface area contributed by atoms with Crippen LogP contribution in [0.4, 0.5) is 8.78 Å². The normalized spacial score (nSPS) is 26.8. The molecule has 102 valence electrons. The van der Waals surface area contributed by atoms with E-state index in [0.717, 1.165) is 0 Å². The van der Waals surface area contributed by atoms with Crippen molar-refractivity contribution in [3.63, 3.8) is 0 Å². The SMILES string of the molecule is O=C(O)C1CCCN(C(=O)C2(C(F)F)CCC2)C1. The molecule has 2 aliphatic rings. The minimum Gasteiger partial charge on any atom is -0.481 e. The minimum absolute atomic E-state index is 0.0721. The molecule has 1 aliphatic carbocycles. The van der Waals surface area contributed by atoms with Crippen LogP contribution in [0.1, 0.15) is 32.1 Å². The molecule has 18 heavy (non-hydrogen) atoms. The first-order chi connectivity index (χ1) is 8.47. The Labute approximate surface area is 104 Å². The molecule has 2 rings (SSSR count). The monoisotopic (exact) mass is 261 g/mol. The molecule has 0 aromatic rings. The number of aliphatic carboxylic acids is 1. The number of carbonyl (C=O) groups is 2. The van der Waals surface area contributed by atoms with Gasteiger partial charge in [-0.3, -0.25) is 9.59 Å². The highest BCUT2D eigenvalue weighted by Gasteiger charge is 2.54. The summed E-state index contributed by atoms with van der Waals surface area (Å²) in [6, 6.07) is 0. The number of carbonyl (C=O) groups excluding carboxylic acids is 1. The number of carboxylic acids is 1. The van der Waals surface area contributed by atoms with Crippen molar-refractivity contribution in [2.45, 2.75) is 38.5 Å². The molecule has 0 aromatic heterocycles. The maximum absolute atomic E-state index is 13.0. The first-order valence-corrected chi connectivity index (χ1v) is 6.28. The number of nitrogens with zero attached hydrogens (tertiary/aromatic N) is 1. The Balaban J connectivity index is 2.06. The number of halogens is 2. The van der Waals surface area contributed by atoms with Crippen molar-refractivity contribution in [1.82, 2.24) is 4.90 Å². The molecule has 1 amide bonds. The van der Waals surface area contributed by atoms with Gasteiger partial charge in [0.1, 0.15) is 5.41 Å². The Morgan fingerprint density at radius 2 is 1.94 bits per heavy atom. The third-order valence-electron chi connectivity index (χ3n) is 4.15. The lowest BCUT2D eigenvalue weighted by Crippen LogP contribution is -2.54. The van der Waals surface area contributed by atoms with Gasteiger partial charge >= 0.3 is 5.97 Å². The van der Waals surface area contributed by atoms with Gasteiger partial charge in [0, 0.05) is 13.1 Å². The van der Waals surface area contributed by atoms with Gasteiger partial charge in [-0.05, 0) is 25.7 Å². The van der Waals surface area contributed by atoms with Crippen molar-refractivity contribution in [1.29, 1.82) is 0 Å². The van der Waals surface area contributed by atoms with Gasteiger partial charge in [-0.1, -0.05) is 6.42 Å². The molecular weight excluding hydrogens is 244 g/mol. The highest BCUT2D eigenvalue weighted by molar-refractivity contribution is 5.85. The zero-order chi connectivity index (χ0) is 13.3. The summed E-state index contributed by atoms with van der Waals surface area (Å²) in [5.74, 6) is -2.11. The number of alkyl halides is 2. The summed E-state index contributed by atoms with van der Waals surface area (Å²) in [6.45, 7) is 0.472. The van der Waals surface area contributed by atoms with E-state index < -0.39 is 29.6 Å². The van der Waals surface area contributed by atoms with Gasteiger partial charge in [0.2, 0.25) is 5.91 Å².